The van der Waals surface area contributed by atoms with E-state index in [9.17, 15) is 0 Å². The quantitative estimate of drug-likeness (QED) is 0.492. The Labute approximate surface area is 150 Å². The summed E-state index contributed by atoms with van der Waals surface area (Å²) in [6.07, 6.45) is 8.79. The largest absolute Gasteiger partial charge is 0.392 e. The minimum Gasteiger partial charge on any atom is -0.392 e. The molecule has 2 atom stereocenters. The van der Waals surface area contributed by atoms with E-state index < -0.39 is 0 Å². The number of allylic oxidation sites excluding steroid dienone is 4. The summed E-state index contributed by atoms with van der Waals surface area (Å²) in [5.41, 5.74) is 4.60. The van der Waals surface area contributed by atoms with Crippen molar-refractivity contribution in [3.8, 4) is 0 Å². The van der Waals surface area contributed by atoms with Gasteiger partial charge >= 0.3 is 0 Å². The van der Waals surface area contributed by atoms with Crippen LogP contribution in [0.15, 0.2) is 47.6 Å². The van der Waals surface area contributed by atoms with Crippen molar-refractivity contribution in [1.82, 2.24) is 0 Å². The second-order valence-corrected chi connectivity index (χ2v) is 7.15. The highest BCUT2D eigenvalue weighted by Gasteiger charge is 2.04. The van der Waals surface area contributed by atoms with Gasteiger partial charge in [-0.1, -0.05) is 50.3 Å². The van der Waals surface area contributed by atoms with Crippen molar-refractivity contribution < 1.29 is 10.2 Å². The minimum absolute atomic E-state index is 0.121. The van der Waals surface area contributed by atoms with Crippen molar-refractivity contribution >= 4 is 0 Å². The molecule has 0 unspecified atom stereocenters. The molecule has 2 N–H and O–H groups in total. The van der Waals surface area contributed by atoms with Crippen LogP contribution in [0.25, 0.3) is 0 Å². The van der Waals surface area contributed by atoms with Gasteiger partial charge < -0.3 is 10.2 Å². The normalized spacial score (nSPS) is 12.3. The monoisotopic (exact) mass is 336 g/mol. The van der Waals surface area contributed by atoms with Crippen LogP contribution in [-0.2, 0) is 0 Å². The molecule has 0 aromatic heterocycles. The molecule has 0 amide bonds. The summed E-state index contributed by atoms with van der Waals surface area (Å²) in [5.74, 6) is 0.871. The first-order valence-corrected chi connectivity index (χ1v) is 8.99. The minimum atomic E-state index is 0.121. The zero-order chi connectivity index (χ0) is 19.1. The molecule has 0 aliphatic carbocycles. The fourth-order valence-corrected chi connectivity index (χ4v) is 1.96. The lowest BCUT2D eigenvalue weighted by atomic mass is 9.97. The smallest absolute Gasteiger partial charge is 0.0641 e. The van der Waals surface area contributed by atoms with Crippen LogP contribution in [0, 0.1) is 11.8 Å². The molecule has 2 heteroatoms. The Bertz CT molecular complexity index is 368. The Morgan fingerprint density at radius 2 is 1.04 bits per heavy atom. The highest BCUT2D eigenvalue weighted by atomic mass is 16.3. The third kappa shape index (κ3) is 15.8. The summed E-state index contributed by atoms with van der Waals surface area (Å²) < 4.78 is 0. The SMILES string of the molecule is C=C(CO)[C@@H](C)CCC=C(C)C.C=C(CO)[C@H](C)CCC=C(C)C. The molecule has 2 nitrogen and oxygen atoms in total. The molecular weight excluding hydrogens is 296 g/mol. The summed E-state index contributed by atoms with van der Waals surface area (Å²) >= 11 is 0. The molecule has 0 radical (unpaired) electrons. The number of hydrogen-bond donors (Lipinski definition) is 2. The Balaban J connectivity index is 0. The van der Waals surface area contributed by atoms with Crippen molar-refractivity contribution in [2.45, 2.75) is 67.2 Å². The predicted molar refractivity (Wildman–Crippen MR) is 108 cm³/mol. The van der Waals surface area contributed by atoms with Crippen LogP contribution in [0.2, 0.25) is 0 Å². The number of rotatable bonds is 10. The first-order valence-electron chi connectivity index (χ1n) is 8.99. The van der Waals surface area contributed by atoms with Gasteiger partial charge in [-0.15, -0.1) is 0 Å². The Morgan fingerprint density at radius 3 is 1.25 bits per heavy atom. The molecule has 0 aliphatic heterocycles. The summed E-state index contributed by atoms with van der Waals surface area (Å²) in [5, 5.41) is 17.6. The zero-order valence-corrected chi connectivity index (χ0v) is 16.9. The number of aliphatic hydroxyl groups excluding tert-OH is 2. The van der Waals surface area contributed by atoms with Crippen molar-refractivity contribution in [3.63, 3.8) is 0 Å². The van der Waals surface area contributed by atoms with Gasteiger partial charge in [-0.3, -0.25) is 0 Å². The van der Waals surface area contributed by atoms with Gasteiger partial charge in [0.15, 0.2) is 0 Å². The van der Waals surface area contributed by atoms with Gasteiger partial charge in [0.05, 0.1) is 13.2 Å². The van der Waals surface area contributed by atoms with Crippen LogP contribution in [0.5, 0.6) is 0 Å². The van der Waals surface area contributed by atoms with Gasteiger partial charge in [-0.25, -0.2) is 0 Å². The topological polar surface area (TPSA) is 40.5 Å². The summed E-state index contributed by atoms with van der Waals surface area (Å²) in [6.45, 7) is 20.5. The van der Waals surface area contributed by atoms with Crippen LogP contribution in [0.4, 0.5) is 0 Å². The molecule has 0 saturated heterocycles. The predicted octanol–water partition coefficient (Wildman–Crippen LogP) is 5.83. The Morgan fingerprint density at radius 1 is 0.750 bits per heavy atom. The lowest BCUT2D eigenvalue weighted by Gasteiger charge is -2.10. The molecule has 24 heavy (non-hydrogen) atoms. The van der Waals surface area contributed by atoms with E-state index in [-0.39, 0.29) is 13.2 Å². The van der Waals surface area contributed by atoms with E-state index in [1.165, 1.54) is 11.1 Å². The summed E-state index contributed by atoms with van der Waals surface area (Å²) in [7, 11) is 0. The van der Waals surface area contributed by atoms with Gasteiger partial charge in [-0.2, -0.15) is 0 Å². The van der Waals surface area contributed by atoms with Crippen LogP contribution in [-0.4, -0.2) is 23.4 Å². The molecule has 0 fully saturated rings. The first kappa shape index (κ1) is 25.1. The Hall–Kier alpha value is -1.12. The van der Waals surface area contributed by atoms with E-state index in [0.717, 1.165) is 36.8 Å². The van der Waals surface area contributed by atoms with E-state index in [1.807, 2.05) is 0 Å². The maximum absolute atomic E-state index is 8.80. The van der Waals surface area contributed by atoms with Crippen molar-refractivity contribution in [2.75, 3.05) is 13.2 Å². The maximum Gasteiger partial charge on any atom is 0.0641 e. The molecular formula is C22H40O2. The van der Waals surface area contributed by atoms with E-state index in [4.69, 9.17) is 10.2 Å². The summed E-state index contributed by atoms with van der Waals surface area (Å²) in [6, 6.07) is 0. The maximum atomic E-state index is 8.80. The van der Waals surface area contributed by atoms with Gasteiger partial charge in [-0.05, 0) is 76.4 Å². The standard InChI is InChI=1S/2C11H20O/c2*1-9(2)6-5-7-10(3)11(4)8-12/h2*6,10,12H,4-5,7-8H2,1-3H3/t2*10-/m10/s1. The van der Waals surface area contributed by atoms with E-state index in [1.54, 1.807) is 0 Å². The highest BCUT2D eigenvalue weighted by Crippen LogP contribution is 2.15. The van der Waals surface area contributed by atoms with Gasteiger partial charge in [0.2, 0.25) is 0 Å². The lowest BCUT2D eigenvalue weighted by molar-refractivity contribution is 0.314. The Kier molecular flexibility index (Phi) is 16.1. The average Bonchev–Trinajstić information content (AvgIpc) is 2.52. The van der Waals surface area contributed by atoms with Crippen LogP contribution in [0.1, 0.15) is 67.2 Å². The molecule has 0 rings (SSSR count). The second kappa shape index (κ2) is 15.4. The highest BCUT2D eigenvalue weighted by molar-refractivity contribution is 5.01. The molecule has 0 aromatic carbocycles. The van der Waals surface area contributed by atoms with Gasteiger partial charge in [0, 0.05) is 0 Å². The van der Waals surface area contributed by atoms with Crippen LogP contribution in [0.3, 0.4) is 0 Å². The van der Waals surface area contributed by atoms with Gasteiger partial charge in [0.1, 0.15) is 0 Å². The fraction of sp³-hybridized carbons (Fsp3) is 0.636. The van der Waals surface area contributed by atoms with Crippen LogP contribution < -0.4 is 0 Å². The zero-order valence-electron chi connectivity index (χ0n) is 16.9. The first-order chi connectivity index (χ1) is 11.1. The fourth-order valence-electron chi connectivity index (χ4n) is 1.96. The third-order valence-corrected chi connectivity index (χ3v) is 4.10. The molecule has 140 valence electrons. The molecule has 0 bridgehead atoms. The molecule has 0 aromatic rings. The number of hydrogen-bond acceptors (Lipinski definition) is 2. The van der Waals surface area contributed by atoms with E-state index in [2.05, 4.69) is 66.9 Å². The van der Waals surface area contributed by atoms with Crippen molar-refractivity contribution in [2.24, 2.45) is 11.8 Å². The molecule has 0 aliphatic rings. The third-order valence-electron chi connectivity index (χ3n) is 4.10. The lowest BCUT2D eigenvalue weighted by Crippen LogP contribution is -2.01. The van der Waals surface area contributed by atoms with Crippen molar-refractivity contribution in [3.05, 3.63) is 47.6 Å². The average molecular weight is 337 g/mol. The van der Waals surface area contributed by atoms with E-state index in [0.29, 0.717) is 11.8 Å². The van der Waals surface area contributed by atoms with E-state index >= 15 is 0 Å². The number of aliphatic hydroxyl groups is 2. The molecule has 0 spiro atoms. The van der Waals surface area contributed by atoms with Crippen LogP contribution >= 0.6 is 0 Å². The second-order valence-electron chi connectivity index (χ2n) is 7.15. The summed E-state index contributed by atoms with van der Waals surface area (Å²) in [4.78, 5) is 0. The van der Waals surface area contributed by atoms with Crippen molar-refractivity contribution in [1.29, 1.82) is 0 Å². The molecule has 0 heterocycles. The van der Waals surface area contributed by atoms with Gasteiger partial charge in [0.25, 0.3) is 0 Å². The molecule has 0 saturated carbocycles.